The summed E-state index contributed by atoms with van der Waals surface area (Å²) in [5, 5.41) is 3.35. The summed E-state index contributed by atoms with van der Waals surface area (Å²) in [5.41, 5.74) is 0. The van der Waals surface area contributed by atoms with Gasteiger partial charge in [-0.25, -0.2) is 0 Å². The van der Waals surface area contributed by atoms with E-state index in [2.05, 4.69) is 35.9 Å². The van der Waals surface area contributed by atoms with Crippen LogP contribution in [0.3, 0.4) is 0 Å². The van der Waals surface area contributed by atoms with E-state index < -0.39 is 0 Å². The van der Waals surface area contributed by atoms with Gasteiger partial charge in [-0.1, -0.05) is 20.8 Å². The van der Waals surface area contributed by atoms with Crippen molar-refractivity contribution >= 4 is 5.91 Å². The summed E-state index contributed by atoms with van der Waals surface area (Å²) in [7, 11) is 0. The van der Waals surface area contributed by atoms with Crippen LogP contribution in [-0.2, 0) is 4.79 Å². The average Bonchev–Trinajstić information content (AvgIpc) is 2.73. The van der Waals surface area contributed by atoms with E-state index in [4.69, 9.17) is 0 Å². The molecule has 4 nitrogen and oxygen atoms in total. The predicted molar refractivity (Wildman–Crippen MR) is 73.2 cm³/mol. The molecule has 1 atom stereocenters. The van der Waals surface area contributed by atoms with Crippen LogP contribution < -0.4 is 5.32 Å². The summed E-state index contributed by atoms with van der Waals surface area (Å²) in [5.74, 6) is 0.710. The fraction of sp³-hybridized carbons (Fsp3) is 0.929. The highest BCUT2D eigenvalue weighted by Gasteiger charge is 2.37. The zero-order chi connectivity index (χ0) is 13.1. The molecule has 0 radical (unpaired) electrons. The Kier molecular flexibility index (Phi) is 4.62. The molecule has 0 spiro atoms. The first-order valence-electron chi connectivity index (χ1n) is 7.39. The smallest absolute Gasteiger partial charge is 0.241 e. The molecule has 0 aromatic carbocycles. The molecular weight excluding hydrogens is 226 g/mol. The van der Waals surface area contributed by atoms with E-state index in [1.165, 1.54) is 13.0 Å². The summed E-state index contributed by atoms with van der Waals surface area (Å²) in [6.45, 7) is 10.7. The molecule has 2 saturated heterocycles. The van der Waals surface area contributed by atoms with E-state index in [9.17, 15) is 4.79 Å². The third kappa shape index (κ3) is 2.86. The molecule has 4 heteroatoms. The van der Waals surface area contributed by atoms with Gasteiger partial charge in [0.1, 0.15) is 0 Å². The van der Waals surface area contributed by atoms with Gasteiger partial charge in [-0.3, -0.25) is 10.1 Å². The molecule has 0 bridgehead atoms. The molecule has 18 heavy (non-hydrogen) atoms. The molecule has 0 saturated carbocycles. The van der Waals surface area contributed by atoms with Crippen molar-refractivity contribution in [3.8, 4) is 0 Å². The quantitative estimate of drug-likeness (QED) is 0.819. The molecule has 1 unspecified atom stereocenters. The number of amides is 1. The van der Waals surface area contributed by atoms with Crippen LogP contribution >= 0.6 is 0 Å². The van der Waals surface area contributed by atoms with E-state index in [1.54, 1.807) is 0 Å². The van der Waals surface area contributed by atoms with Crippen molar-refractivity contribution < 1.29 is 4.79 Å². The maximum atomic E-state index is 12.3. The molecule has 1 N–H and O–H groups in total. The molecule has 1 amide bonds. The van der Waals surface area contributed by atoms with Crippen LogP contribution in [0.4, 0.5) is 0 Å². The van der Waals surface area contributed by atoms with Gasteiger partial charge in [0.25, 0.3) is 0 Å². The minimum Gasteiger partial charge on any atom is -0.325 e. The lowest BCUT2D eigenvalue weighted by Crippen LogP contribution is -2.46. The standard InChI is InChI=1S/C14H27N3O/c1-4-7-16-8-5-12(6-9-16)17-10-15-13(11(2)3)14(17)18/h11-13,15H,4-10H2,1-3H3. The van der Waals surface area contributed by atoms with Gasteiger partial charge in [0, 0.05) is 19.1 Å². The average molecular weight is 253 g/mol. The predicted octanol–water partition coefficient (Wildman–Crippen LogP) is 1.27. The number of carbonyl (C=O) groups is 1. The first-order valence-corrected chi connectivity index (χ1v) is 7.39. The minimum atomic E-state index is 0.0404. The lowest BCUT2D eigenvalue weighted by molar-refractivity contribution is -0.132. The van der Waals surface area contributed by atoms with E-state index in [1.807, 2.05) is 0 Å². The Hall–Kier alpha value is -0.610. The first kappa shape index (κ1) is 13.8. The second-order valence-corrected chi connectivity index (χ2v) is 5.96. The Morgan fingerprint density at radius 3 is 2.50 bits per heavy atom. The summed E-state index contributed by atoms with van der Waals surface area (Å²) < 4.78 is 0. The van der Waals surface area contributed by atoms with Gasteiger partial charge in [0.05, 0.1) is 12.7 Å². The Labute approximate surface area is 111 Å². The molecule has 2 fully saturated rings. The van der Waals surface area contributed by atoms with Crippen molar-refractivity contribution in [1.29, 1.82) is 0 Å². The van der Waals surface area contributed by atoms with E-state index in [0.29, 0.717) is 17.9 Å². The van der Waals surface area contributed by atoms with Crippen LogP contribution in [0.15, 0.2) is 0 Å². The van der Waals surface area contributed by atoms with E-state index in [-0.39, 0.29) is 6.04 Å². The number of piperidine rings is 1. The van der Waals surface area contributed by atoms with Crippen molar-refractivity contribution in [2.45, 2.75) is 52.1 Å². The van der Waals surface area contributed by atoms with Crippen molar-refractivity contribution in [1.82, 2.24) is 15.1 Å². The van der Waals surface area contributed by atoms with Crippen LogP contribution in [0.1, 0.15) is 40.0 Å². The van der Waals surface area contributed by atoms with Crippen LogP contribution in [0.25, 0.3) is 0 Å². The van der Waals surface area contributed by atoms with Gasteiger partial charge in [0.2, 0.25) is 5.91 Å². The topological polar surface area (TPSA) is 35.6 Å². The zero-order valence-electron chi connectivity index (χ0n) is 12.0. The van der Waals surface area contributed by atoms with Crippen LogP contribution in [-0.4, -0.2) is 54.1 Å². The molecule has 0 aliphatic carbocycles. The SMILES string of the molecule is CCCN1CCC(N2CNC(C(C)C)C2=O)CC1. The number of hydrogen-bond acceptors (Lipinski definition) is 3. The first-order chi connectivity index (χ1) is 8.63. The van der Waals surface area contributed by atoms with E-state index in [0.717, 1.165) is 32.6 Å². The number of likely N-dealkylation sites (tertiary alicyclic amines) is 1. The number of rotatable bonds is 4. The highest BCUT2D eigenvalue weighted by Crippen LogP contribution is 2.21. The van der Waals surface area contributed by atoms with Crippen molar-refractivity contribution in [2.24, 2.45) is 5.92 Å². The maximum absolute atomic E-state index is 12.3. The fourth-order valence-corrected chi connectivity index (χ4v) is 3.14. The highest BCUT2D eigenvalue weighted by atomic mass is 16.2. The second-order valence-electron chi connectivity index (χ2n) is 5.96. The van der Waals surface area contributed by atoms with Gasteiger partial charge < -0.3 is 9.80 Å². The molecule has 0 aromatic heterocycles. The highest BCUT2D eigenvalue weighted by molar-refractivity contribution is 5.84. The molecule has 0 aromatic rings. The Morgan fingerprint density at radius 1 is 1.33 bits per heavy atom. The lowest BCUT2D eigenvalue weighted by atomic mass is 10.0. The van der Waals surface area contributed by atoms with Gasteiger partial charge >= 0.3 is 0 Å². The summed E-state index contributed by atoms with van der Waals surface area (Å²) in [6.07, 6.45) is 3.50. The Bertz CT molecular complexity index is 285. The second kappa shape index (κ2) is 6.02. The van der Waals surface area contributed by atoms with Crippen LogP contribution in [0, 0.1) is 5.92 Å². The Balaban J connectivity index is 1.85. The fourth-order valence-electron chi connectivity index (χ4n) is 3.14. The summed E-state index contributed by atoms with van der Waals surface area (Å²) in [6, 6.07) is 0.500. The van der Waals surface area contributed by atoms with Crippen molar-refractivity contribution in [2.75, 3.05) is 26.3 Å². The number of hydrogen-bond donors (Lipinski definition) is 1. The monoisotopic (exact) mass is 253 g/mol. The minimum absolute atomic E-state index is 0.0404. The number of nitrogens with one attached hydrogen (secondary N) is 1. The maximum Gasteiger partial charge on any atom is 0.241 e. The van der Waals surface area contributed by atoms with Gasteiger partial charge in [-0.15, -0.1) is 0 Å². The number of nitrogens with zero attached hydrogens (tertiary/aromatic N) is 2. The molecule has 2 aliphatic heterocycles. The lowest BCUT2D eigenvalue weighted by Gasteiger charge is -2.36. The van der Waals surface area contributed by atoms with Crippen LogP contribution in [0.5, 0.6) is 0 Å². The molecular formula is C14H27N3O. The largest absolute Gasteiger partial charge is 0.325 e. The Morgan fingerprint density at radius 2 is 2.00 bits per heavy atom. The third-order valence-corrected chi connectivity index (χ3v) is 4.24. The normalized spacial score (nSPS) is 27.4. The summed E-state index contributed by atoms with van der Waals surface area (Å²) >= 11 is 0. The van der Waals surface area contributed by atoms with Gasteiger partial charge in [0.15, 0.2) is 0 Å². The molecule has 2 aliphatic rings. The van der Waals surface area contributed by atoms with Crippen molar-refractivity contribution in [3.63, 3.8) is 0 Å². The summed E-state index contributed by atoms with van der Waals surface area (Å²) in [4.78, 5) is 16.9. The molecule has 2 heterocycles. The molecule has 2 rings (SSSR count). The van der Waals surface area contributed by atoms with E-state index >= 15 is 0 Å². The number of carbonyl (C=O) groups excluding carboxylic acids is 1. The van der Waals surface area contributed by atoms with Gasteiger partial charge in [-0.2, -0.15) is 0 Å². The molecule has 104 valence electrons. The van der Waals surface area contributed by atoms with Gasteiger partial charge in [-0.05, 0) is 31.7 Å². The van der Waals surface area contributed by atoms with Crippen LogP contribution in [0.2, 0.25) is 0 Å². The van der Waals surface area contributed by atoms with Crippen molar-refractivity contribution in [3.05, 3.63) is 0 Å². The zero-order valence-corrected chi connectivity index (χ0v) is 12.0. The third-order valence-electron chi connectivity index (χ3n) is 4.24.